The van der Waals surface area contributed by atoms with Gasteiger partial charge < -0.3 is 25.6 Å². The van der Waals surface area contributed by atoms with Gasteiger partial charge in [0.15, 0.2) is 6.10 Å². The molecule has 0 aliphatic rings. The van der Waals surface area contributed by atoms with Gasteiger partial charge in [-0.1, -0.05) is 64.5 Å². The van der Waals surface area contributed by atoms with E-state index in [-0.39, 0.29) is 12.8 Å². The molecule has 33 heavy (non-hydrogen) atoms. The van der Waals surface area contributed by atoms with Crippen molar-refractivity contribution in [2.24, 2.45) is 0 Å². The number of nitrogens with one attached hydrogen (secondary N) is 2. The number of carbonyl (C=O) groups excluding carboxylic acids is 2. The zero-order valence-corrected chi connectivity index (χ0v) is 20.3. The number of ether oxygens (including phenoxy) is 1. The van der Waals surface area contributed by atoms with E-state index in [1.54, 1.807) is 69.3 Å². The Hall–Kier alpha value is -2.91. The summed E-state index contributed by atoms with van der Waals surface area (Å²) in [4.78, 5) is 36.9. The first-order valence-electron chi connectivity index (χ1n) is 10.4. The molecule has 0 aliphatic heterocycles. The van der Waals surface area contributed by atoms with Crippen LogP contribution in [0.3, 0.4) is 0 Å². The maximum atomic E-state index is 12.8. The highest BCUT2D eigenvalue weighted by Crippen LogP contribution is 2.18. The third kappa shape index (κ3) is 8.86. The number of aliphatic carboxylic acids is 1. The van der Waals surface area contributed by atoms with Crippen LogP contribution < -0.4 is 10.6 Å². The van der Waals surface area contributed by atoms with Crippen LogP contribution in [0.4, 0.5) is 4.79 Å². The highest BCUT2D eigenvalue weighted by atomic mass is 79.9. The summed E-state index contributed by atoms with van der Waals surface area (Å²) in [6.45, 7) is 5.09. The SMILES string of the molecule is CC(C)(C)OC(=O)N[C@H](Cc1ccccc1)[C@H](O)C(=O)NC(Cc1ccccc1Br)C(=O)O. The van der Waals surface area contributed by atoms with E-state index in [0.29, 0.717) is 10.0 Å². The summed E-state index contributed by atoms with van der Waals surface area (Å²) in [5, 5.41) is 25.3. The quantitative estimate of drug-likeness (QED) is 0.402. The van der Waals surface area contributed by atoms with E-state index in [4.69, 9.17) is 4.74 Å². The second-order valence-corrected chi connectivity index (χ2v) is 9.44. The molecule has 0 aromatic heterocycles. The molecule has 0 fully saturated rings. The van der Waals surface area contributed by atoms with Crippen LogP contribution >= 0.6 is 15.9 Å². The minimum atomic E-state index is -1.71. The van der Waals surface area contributed by atoms with E-state index >= 15 is 0 Å². The van der Waals surface area contributed by atoms with Crippen LogP contribution in [0.2, 0.25) is 0 Å². The number of halogens is 1. The van der Waals surface area contributed by atoms with Gasteiger partial charge in [0.1, 0.15) is 11.6 Å². The summed E-state index contributed by atoms with van der Waals surface area (Å²) in [7, 11) is 0. The van der Waals surface area contributed by atoms with Crippen LogP contribution in [0, 0.1) is 0 Å². The highest BCUT2D eigenvalue weighted by molar-refractivity contribution is 9.10. The van der Waals surface area contributed by atoms with Crippen molar-refractivity contribution >= 4 is 33.9 Å². The molecule has 0 bridgehead atoms. The number of amides is 2. The molecule has 2 rings (SSSR count). The van der Waals surface area contributed by atoms with Crippen LogP contribution in [-0.2, 0) is 27.2 Å². The summed E-state index contributed by atoms with van der Waals surface area (Å²) in [6, 6.07) is 13.7. The molecular formula is C24H29BrN2O6. The average molecular weight is 521 g/mol. The Labute approximate surface area is 201 Å². The van der Waals surface area contributed by atoms with Gasteiger partial charge in [-0.05, 0) is 44.4 Å². The van der Waals surface area contributed by atoms with Crippen LogP contribution in [0.15, 0.2) is 59.1 Å². The van der Waals surface area contributed by atoms with Crippen molar-refractivity contribution in [3.8, 4) is 0 Å². The number of alkyl carbamates (subject to hydrolysis) is 1. The summed E-state index contributed by atoms with van der Waals surface area (Å²) in [5.41, 5.74) is 0.687. The maximum absolute atomic E-state index is 12.8. The Kier molecular flexibility index (Phi) is 9.43. The van der Waals surface area contributed by atoms with Crippen LogP contribution in [0.25, 0.3) is 0 Å². The maximum Gasteiger partial charge on any atom is 0.407 e. The monoisotopic (exact) mass is 520 g/mol. The molecule has 0 spiro atoms. The van der Waals surface area contributed by atoms with Crippen molar-refractivity contribution in [3.63, 3.8) is 0 Å². The largest absolute Gasteiger partial charge is 0.480 e. The Morgan fingerprint density at radius 3 is 2.15 bits per heavy atom. The van der Waals surface area contributed by atoms with Gasteiger partial charge in [-0.15, -0.1) is 0 Å². The second-order valence-electron chi connectivity index (χ2n) is 8.58. The predicted molar refractivity (Wildman–Crippen MR) is 127 cm³/mol. The van der Waals surface area contributed by atoms with Gasteiger partial charge in [-0.3, -0.25) is 4.79 Å². The number of carbonyl (C=O) groups is 3. The smallest absolute Gasteiger partial charge is 0.407 e. The van der Waals surface area contributed by atoms with Crippen molar-refractivity contribution in [3.05, 3.63) is 70.2 Å². The minimum Gasteiger partial charge on any atom is -0.480 e. The van der Waals surface area contributed by atoms with Gasteiger partial charge in [0, 0.05) is 10.9 Å². The standard InChI is InChI=1S/C24H29BrN2O6/c1-24(2,3)33-23(32)27-18(13-15-9-5-4-6-10-15)20(28)21(29)26-19(22(30)31)14-16-11-7-8-12-17(16)25/h4-12,18-20,28H,13-14H2,1-3H3,(H,26,29)(H,27,32)(H,30,31)/t18-,19?,20+/m1/s1. The lowest BCUT2D eigenvalue weighted by molar-refractivity contribution is -0.143. The third-order valence-corrected chi connectivity index (χ3v) is 5.42. The van der Waals surface area contributed by atoms with Crippen molar-refractivity contribution in [2.45, 2.75) is 57.4 Å². The van der Waals surface area contributed by atoms with Crippen molar-refractivity contribution < 1.29 is 29.3 Å². The van der Waals surface area contributed by atoms with Gasteiger partial charge in [-0.2, -0.15) is 0 Å². The molecule has 4 N–H and O–H groups in total. The second kappa shape index (κ2) is 11.8. The first-order chi connectivity index (χ1) is 15.5. The van der Waals surface area contributed by atoms with E-state index in [1.165, 1.54) is 0 Å². The average Bonchev–Trinajstić information content (AvgIpc) is 2.73. The lowest BCUT2D eigenvalue weighted by atomic mass is 10.00. The number of benzene rings is 2. The zero-order chi connectivity index (χ0) is 24.6. The minimum absolute atomic E-state index is 0.0120. The van der Waals surface area contributed by atoms with E-state index in [9.17, 15) is 24.6 Å². The van der Waals surface area contributed by atoms with Gasteiger partial charge in [-0.25, -0.2) is 9.59 Å². The Morgan fingerprint density at radius 1 is 0.970 bits per heavy atom. The van der Waals surface area contributed by atoms with E-state index in [2.05, 4.69) is 26.6 Å². The van der Waals surface area contributed by atoms with Gasteiger partial charge in [0.2, 0.25) is 0 Å². The molecule has 2 aromatic carbocycles. The first kappa shape index (κ1) is 26.3. The molecule has 9 heteroatoms. The van der Waals surface area contributed by atoms with E-state index < -0.39 is 41.8 Å². The summed E-state index contributed by atoms with van der Waals surface area (Å²) in [6.07, 6.45) is -2.36. The number of aliphatic hydroxyl groups excluding tert-OH is 1. The van der Waals surface area contributed by atoms with Crippen molar-refractivity contribution in [1.82, 2.24) is 10.6 Å². The first-order valence-corrected chi connectivity index (χ1v) is 11.2. The summed E-state index contributed by atoms with van der Waals surface area (Å²) < 4.78 is 5.96. The summed E-state index contributed by atoms with van der Waals surface area (Å²) in [5.74, 6) is -2.16. The highest BCUT2D eigenvalue weighted by Gasteiger charge is 2.32. The molecule has 0 heterocycles. The molecule has 2 amide bonds. The molecule has 2 aromatic rings. The lowest BCUT2D eigenvalue weighted by Crippen LogP contribution is -2.55. The number of aliphatic hydroxyl groups is 1. The van der Waals surface area contributed by atoms with Crippen LogP contribution in [0.1, 0.15) is 31.9 Å². The Balaban J connectivity index is 2.17. The number of rotatable bonds is 9. The fourth-order valence-electron chi connectivity index (χ4n) is 3.09. The topological polar surface area (TPSA) is 125 Å². The zero-order valence-electron chi connectivity index (χ0n) is 18.7. The molecule has 3 atom stereocenters. The normalized spacial score (nSPS) is 14.0. The van der Waals surface area contributed by atoms with E-state index in [0.717, 1.165) is 5.56 Å². The van der Waals surface area contributed by atoms with Crippen LogP contribution in [0.5, 0.6) is 0 Å². The number of hydrogen-bond acceptors (Lipinski definition) is 5. The lowest BCUT2D eigenvalue weighted by Gasteiger charge is -2.27. The number of carboxylic acids is 1. The molecule has 178 valence electrons. The number of carboxylic acid groups (broad SMARTS) is 1. The fraction of sp³-hybridized carbons (Fsp3) is 0.375. The molecule has 8 nitrogen and oxygen atoms in total. The van der Waals surface area contributed by atoms with Crippen LogP contribution in [-0.4, -0.2) is 52.0 Å². The Morgan fingerprint density at radius 2 is 1.58 bits per heavy atom. The van der Waals surface area contributed by atoms with Gasteiger partial charge in [0.05, 0.1) is 6.04 Å². The molecule has 0 aliphatic carbocycles. The fourth-order valence-corrected chi connectivity index (χ4v) is 3.54. The number of hydrogen-bond donors (Lipinski definition) is 4. The third-order valence-electron chi connectivity index (χ3n) is 4.65. The predicted octanol–water partition coefficient (Wildman–Crippen LogP) is 3.06. The molecule has 0 saturated heterocycles. The van der Waals surface area contributed by atoms with Gasteiger partial charge in [0.25, 0.3) is 5.91 Å². The van der Waals surface area contributed by atoms with Crippen molar-refractivity contribution in [2.75, 3.05) is 0 Å². The summed E-state index contributed by atoms with van der Waals surface area (Å²) >= 11 is 3.36. The molecular weight excluding hydrogens is 492 g/mol. The van der Waals surface area contributed by atoms with Crippen molar-refractivity contribution in [1.29, 1.82) is 0 Å². The molecule has 1 unspecified atom stereocenters. The van der Waals surface area contributed by atoms with Gasteiger partial charge >= 0.3 is 12.1 Å². The molecule has 0 radical (unpaired) electrons. The Bertz CT molecular complexity index is 961. The van der Waals surface area contributed by atoms with E-state index in [1.807, 2.05) is 6.07 Å². The molecule has 0 saturated carbocycles.